The van der Waals surface area contributed by atoms with Gasteiger partial charge in [0.05, 0.1) is 16.5 Å². The second-order valence-corrected chi connectivity index (χ2v) is 16.1. The second kappa shape index (κ2) is 10.8. The summed E-state index contributed by atoms with van der Waals surface area (Å²) in [5, 5.41) is 27.2. The molecule has 0 saturated carbocycles. The van der Waals surface area contributed by atoms with Gasteiger partial charge >= 0.3 is 6.09 Å². The average molecular weight is 537 g/mol. The van der Waals surface area contributed by atoms with Gasteiger partial charge in [0, 0.05) is 50.4 Å². The van der Waals surface area contributed by atoms with Gasteiger partial charge in [-0.05, 0) is 43.7 Å². The van der Waals surface area contributed by atoms with Gasteiger partial charge in [-0.2, -0.15) is 5.10 Å². The monoisotopic (exact) mass is 536 g/mol. The quantitative estimate of drug-likeness (QED) is 0.114. The van der Waals surface area contributed by atoms with Crippen molar-refractivity contribution in [3.63, 3.8) is 0 Å². The minimum Gasteiger partial charge on any atom is -0.465 e. The molecule has 0 aliphatic heterocycles. The van der Waals surface area contributed by atoms with E-state index in [0.29, 0.717) is 30.5 Å². The van der Waals surface area contributed by atoms with Gasteiger partial charge in [-0.3, -0.25) is 19.6 Å². The third-order valence-corrected chi connectivity index (χ3v) is 8.01. The number of imidazole rings is 1. The molecule has 2 heterocycles. The molecule has 1 N–H and O–H groups in total. The van der Waals surface area contributed by atoms with Crippen LogP contribution in [-0.4, -0.2) is 50.1 Å². The number of fused-ring (bicyclic) bond motifs is 1. The lowest BCUT2D eigenvalue weighted by Crippen LogP contribution is -2.33. The minimum absolute atomic E-state index is 0.0995. The molecule has 4 rings (SSSR count). The third kappa shape index (κ3) is 5.76. The fraction of sp³-hybridized carbons (Fsp3) is 0.346. The van der Waals surface area contributed by atoms with Gasteiger partial charge in [0.15, 0.2) is 0 Å². The molecule has 0 fully saturated rings. The summed E-state index contributed by atoms with van der Waals surface area (Å²) in [6, 6.07) is 10.1. The molecule has 2 aromatic carbocycles. The lowest BCUT2D eigenvalue weighted by atomic mass is 10.1. The Kier molecular flexibility index (Phi) is 7.65. The number of ether oxygens (including phenoxy) is 1. The van der Waals surface area contributed by atoms with E-state index in [-0.39, 0.29) is 5.69 Å². The summed E-state index contributed by atoms with van der Waals surface area (Å²) in [5.74, 6) is 0.353. The molecule has 0 saturated heterocycles. The summed E-state index contributed by atoms with van der Waals surface area (Å²) in [6.07, 6.45) is 3.77. The zero-order chi connectivity index (χ0) is 27.6. The number of nitrogens with zero attached hydrogens (tertiary/aromatic N) is 6. The van der Waals surface area contributed by atoms with Crippen molar-refractivity contribution in [2.24, 2.45) is 0 Å². The third-order valence-electron chi connectivity index (χ3n) is 6.30. The number of nitro benzene ring substituents is 1. The van der Waals surface area contributed by atoms with E-state index in [1.54, 1.807) is 52.7 Å². The Morgan fingerprint density at radius 1 is 1.26 bits per heavy atom. The Hall–Kier alpha value is -4.03. The summed E-state index contributed by atoms with van der Waals surface area (Å²) < 4.78 is 9.10. The van der Waals surface area contributed by atoms with Gasteiger partial charge in [-0.25, -0.2) is 14.5 Å². The molecule has 0 aliphatic carbocycles. The standard InChI is InChI=1S/C26H32N6O5Si/c1-18-14-21(15-20-16-29(28-24(18)20)17-37-12-13-38(3,4)5)31(26(33)34)19(2)25-27-10-11-30(25)22-8-6-7-9-23(22)32(35)36/h6-11,14-16,19H,12-13,17H2,1-5H3,(H,33,34). The first-order valence-electron chi connectivity index (χ1n) is 12.3. The van der Waals surface area contributed by atoms with Crippen LogP contribution in [0.4, 0.5) is 16.2 Å². The van der Waals surface area contributed by atoms with Gasteiger partial charge < -0.3 is 9.84 Å². The van der Waals surface area contributed by atoms with E-state index >= 15 is 0 Å². The van der Waals surface area contributed by atoms with E-state index < -0.39 is 25.1 Å². The first kappa shape index (κ1) is 27.0. The smallest absolute Gasteiger partial charge is 0.412 e. The van der Waals surface area contributed by atoms with Crippen molar-refractivity contribution in [1.29, 1.82) is 0 Å². The zero-order valence-electron chi connectivity index (χ0n) is 22.2. The van der Waals surface area contributed by atoms with Crippen LogP contribution in [0.15, 0.2) is 55.0 Å². The SMILES string of the molecule is Cc1cc(N(C(=O)O)C(C)c2nccn2-c2ccccc2[N+](=O)[O-])cc2cn(COCC[Si](C)(C)C)nc12. The summed E-state index contributed by atoms with van der Waals surface area (Å²) in [6.45, 7) is 11.5. The molecule has 38 heavy (non-hydrogen) atoms. The van der Waals surface area contributed by atoms with Crippen molar-refractivity contribution in [3.05, 3.63) is 76.5 Å². The molecular weight excluding hydrogens is 504 g/mol. The van der Waals surface area contributed by atoms with Crippen LogP contribution in [0.25, 0.3) is 16.6 Å². The average Bonchev–Trinajstić information content (AvgIpc) is 3.48. The van der Waals surface area contributed by atoms with E-state index in [9.17, 15) is 20.0 Å². The van der Waals surface area contributed by atoms with Crippen molar-refractivity contribution in [3.8, 4) is 5.69 Å². The van der Waals surface area contributed by atoms with Crippen LogP contribution in [0, 0.1) is 17.0 Å². The molecule has 4 aromatic rings. The topological polar surface area (TPSA) is 129 Å². The van der Waals surface area contributed by atoms with E-state index in [1.165, 1.54) is 17.2 Å². The number of anilines is 1. The highest BCUT2D eigenvalue weighted by molar-refractivity contribution is 6.76. The lowest BCUT2D eigenvalue weighted by molar-refractivity contribution is -0.384. The number of aryl methyl sites for hydroxylation is 1. The van der Waals surface area contributed by atoms with Crippen molar-refractivity contribution in [2.75, 3.05) is 11.5 Å². The van der Waals surface area contributed by atoms with Crippen molar-refractivity contribution < 1.29 is 19.6 Å². The van der Waals surface area contributed by atoms with Crippen LogP contribution in [0.1, 0.15) is 24.4 Å². The molecule has 0 aliphatic rings. The minimum atomic E-state index is -1.19. The molecular formula is C26H32N6O5Si. The molecule has 11 nitrogen and oxygen atoms in total. The van der Waals surface area contributed by atoms with Crippen LogP contribution in [0.5, 0.6) is 0 Å². The number of hydrogen-bond acceptors (Lipinski definition) is 6. The van der Waals surface area contributed by atoms with Gasteiger partial charge in [0.2, 0.25) is 0 Å². The van der Waals surface area contributed by atoms with Gasteiger partial charge in [-0.1, -0.05) is 31.8 Å². The molecule has 200 valence electrons. The fourth-order valence-electron chi connectivity index (χ4n) is 4.35. The maximum Gasteiger partial charge on any atom is 0.412 e. The molecule has 1 amide bonds. The van der Waals surface area contributed by atoms with Crippen LogP contribution in [-0.2, 0) is 11.5 Å². The summed E-state index contributed by atoms with van der Waals surface area (Å²) in [4.78, 5) is 29.2. The number of benzene rings is 2. The zero-order valence-corrected chi connectivity index (χ0v) is 23.2. The number of hydrogen-bond donors (Lipinski definition) is 1. The van der Waals surface area contributed by atoms with Crippen LogP contribution < -0.4 is 4.90 Å². The first-order valence-corrected chi connectivity index (χ1v) is 16.0. The number of aromatic nitrogens is 4. The number of carbonyl (C=O) groups is 1. The molecule has 0 bridgehead atoms. The fourth-order valence-corrected chi connectivity index (χ4v) is 5.10. The largest absolute Gasteiger partial charge is 0.465 e. The normalized spacial score (nSPS) is 12.6. The molecule has 12 heteroatoms. The predicted molar refractivity (Wildman–Crippen MR) is 148 cm³/mol. The van der Waals surface area contributed by atoms with E-state index in [2.05, 4.69) is 29.7 Å². The molecule has 0 radical (unpaired) electrons. The van der Waals surface area contributed by atoms with Crippen molar-refractivity contribution in [1.82, 2.24) is 19.3 Å². The first-order chi connectivity index (χ1) is 18.0. The highest BCUT2D eigenvalue weighted by Crippen LogP contribution is 2.33. The number of carboxylic acid groups (broad SMARTS) is 1. The Bertz CT molecular complexity index is 1470. The van der Waals surface area contributed by atoms with Crippen LogP contribution in [0.3, 0.4) is 0 Å². The van der Waals surface area contributed by atoms with Gasteiger partial charge in [-0.15, -0.1) is 0 Å². The summed E-state index contributed by atoms with van der Waals surface area (Å²) in [5.41, 5.74) is 2.24. The Balaban J connectivity index is 1.65. The number of rotatable bonds is 10. The molecule has 2 aromatic heterocycles. The van der Waals surface area contributed by atoms with Gasteiger partial charge in [0.1, 0.15) is 18.2 Å². The maximum atomic E-state index is 12.5. The number of amides is 1. The maximum absolute atomic E-state index is 12.5. The number of para-hydroxylation sites is 2. The van der Waals surface area contributed by atoms with Crippen molar-refractivity contribution in [2.45, 2.75) is 52.3 Å². The second-order valence-electron chi connectivity index (χ2n) is 10.4. The Morgan fingerprint density at radius 2 is 2.00 bits per heavy atom. The predicted octanol–water partition coefficient (Wildman–Crippen LogP) is 6.00. The van der Waals surface area contributed by atoms with E-state index in [4.69, 9.17) is 4.74 Å². The highest BCUT2D eigenvalue weighted by atomic mass is 28.3. The van der Waals surface area contributed by atoms with Crippen LogP contribution >= 0.6 is 0 Å². The molecule has 0 spiro atoms. The number of nitro groups is 1. The molecule has 1 unspecified atom stereocenters. The van der Waals surface area contributed by atoms with Gasteiger partial charge in [0.25, 0.3) is 5.69 Å². The Labute approximate surface area is 221 Å². The molecule has 1 atom stereocenters. The van der Waals surface area contributed by atoms with E-state index in [1.807, 2.05) is 13.1 Å². The van der Waals surface area contributed by atoms with Crippen molar-refractivity contribution >= 4 is 36.4 Å². The van der Waals surface area contributed by atoms with E-state index in [0.717, 1.165) is 22.5 Å². The van der Waals surface area contributed by atoms with Crippen LogP contribution in [0.2, 0.25) is 25.7 Å². The lowest BCUT2D eigenvalue weighted by Gasteiger charge is -2.27. The summed E-state index contributed by atoms with van der Waals surface area (Å²) >= 11 is 0. The summed E-state index contributed by atoms with van der Waals surface area (Å²) in [7, 11) is -1.19. The Morgan fingerprint density at radius 3 is 2.68 bits per heavy atom. The highest BCUT2D eigenvalue weighted by Gasteiger charge is 2.29.